The zero-order chi connectivity index (χ0) is 16.7. The van der Waals surface area contributed by atoms with E-state index in [9.17, 15) is 14.3 Å². The van der Waals surface area contributed by atoms with Gasteiger partial charge in [0.15, 0.2) is 11.6 Å². The molecule has 1 amide bonds. The number of thiophene rings is 1. The number of nitrogens with zero attached hydrogens (tertiary/aromatic N) is 1. The van der Waals surface area contributed by atoms with E-state index in [0.717, 1.165) is 37.4 Å². The number of carbonyl (C=O) groups is 1. The number of phenols is 1. The van der Waals surface area contributed by atoms with Crippen molar-refractivity contribution in [2.75, 3.05) is 19.6 Å². The number of rotatable bonds is 3. The van der Waals surface area contributed by atoms with Gasteiger partial charge in [0, 0.05) is 17.5 Å². The van der Waals surface area contributed by atoms with Gasteiger partial charge in [-0.2, -0.15) is 0 Å². The first-order valence-corrected chi connectivity index (χ1v) is 9.04. The molecule has 3 saturated heterocycles. The van der Waals surface area contributed by atoms with Crippen molar-refractivity contribution >= 4 is 29.7 Å². The first kappa shape index (κ1) is 18.2. The Kier molecular flexibility index (Phi) is 5.32. The summed E-state index contributed by atoms with van der Waals surface area (Å²) in [6.07, 6.45) is 2.32. The molecule has 1 aromatic heterocycles. The third kappa shape index (κ3) is 3.66. The molecule has 0 unspecified atom stereocenters. The first-order chi connectivity index (χ1) is 11.6. The van der Waals surface area contributed by atoms with Crippen LogP contribution < -0.4 is 5.32 Å². The second kappa shape index (κ2) is 7.32. The lowest BCUT2D eigenvalue weighted by Crippen LogP contribution is -2.57. The van der Waals surface area contributed by atoms with Crippen molar-refractivity contribution in [3.05, 3.63) is 41.0 Å². The maximum Gasteiger partial charge on any atom is 0.261 e. The molecule has 3 aliphatic heterocycles. The molecule has 4 nitrogen and oxygen atoms in total. The summed E-state index contributed by atoms with van der Waals surface area (Å²) in [6, 6.07) is 8.10. The lowest BCUT2D eigenvalue weighted by Gasteiger charge is -2.44. The number of benzene rings is 1. The van der Waals surface area contributed by atoms with Crippen LogP contribution in [-0.4, -0.2) is 41.6 Å². The third-order valence-corrected chi connectivity index (χ3v) is 6.17. The van der Waals surface area contributed by atoms with Crippen LogP contribution in [0.5, 0.6) is 5.75 Å². The molecule has 2 N–H and O–H groups in total. The van der Waals surface area contributed by atoms with Crippen molar-refractivity contribution in [2.45, 2.75) is 18.9 Å². The van der Waals surface area contributed by atoms with Crippen LogP contribution >= 0.6 is 23.7 Å². The van der Waals surface area contributed by atoms with Crippen LogP contribution in [-0.2, 0) is 0 Å². The van der Waals surface area contributed by atoms with Gasteiger partial charge in [-0.05, 0) is 67.7 Å². The highest BCUT2D eigenvalue weighted by atomic mass is 35.5. The number of phenolic OH excluding ortho intramolecular Hbond substituents is 1. The summed E-state index contributed by atoms with van der Waals surface area (Å²) in [4.78, 5) is 16.4. The Morgan fingerprint density at radius 1 is 1.24 bits per heavy atom. The maximum absolute atomic E-state index is 13.5. The minimum atomic E-state index is -0.654. The Labute approximate surface area is 156 Å². The normalized spacial score (nSPS) is 24.6. The molecule has 0 radical (unpaired) electrons. The van der Waals surface area contributed by atoms with Gasteiger partial charge in [0.05, 0.1) is 4.88 Å². The lowest BCUT2D eigenvalue weighted by atomic mass is 9.84. The summed E-state index contributed by atoms with van der Waals surface area (Å²) in [7, 11) is 0. The Morgan fingerprint density at radius 3 is 2.64 bits per heavy atom. The zero-order valence-corrected chi connectivity index (χ0v) is 15.2. The summed E-state index contributed by atoms with van der Waals surface area (Å²) in [5, 5.41) is 12.4. The van der Waals surface area contributed by atoms with E-state index in [0.29, 0.717) is 16.4 Å². The van der Waals surface area contributed by atoms with E-state index in [4.69, 9.17) is 0 Å². The van der Waals surface area contributed by atoms with Crippen molar-refractivity contribution in [3.8, 4) is 16.2 Å². The maximum atomic E-state index is 13.5. The van der Waals surface area contributed by atoms with Crippen LogP contribution in [0, 0.1) is 11.7 Å². The Bertz CT molecular complexity index is 774. The molecule has 0 spiro atoms. The van der Waals surface area contributed by atoms with Crippen LogP contribution in [0.4, 0.5) is 4.39 Å². The van der Waals surface area contributed by atoms with Gasteiger partial charge < -0.3 is 15.3 Å². The van der Waals surface area contributed by atoms with Crippen LogP contribution in [0.15, 0.2) is 30.3 Å². The summed E-state index contributed by atoms with van der Waals surface area (Å²) in [5.41, 5.74) is 0.664. The van der Waals surface area contributed by atoms with Gasteiger partial charge in [-0.3, -0.25) is 4.79 Å². The molecule has 2 bridgehead atoms. The fourth-order valence-electron chi connectivity index (χ4n) is 3.64. The number of piperidine rings is 3. The van der Waals surface area contributed by atoms with Crippen LogP contribution in [0.25, 0.3) is 10.4 Å². The summed E-state index contributed by atoms with van der Waals surface area (Å²) < 4.78 is 13.5. The van der Waals surface area contributed by atoms with E-state index in [-0.39, 0.29) is 30.1 Å². The Morgan fingerprint density at radius 2 is 2.00 bits per heavy atom. The number of carbonyl (C=O) groups excluding carboxylic acids is 1. The first-order valence-electron chi connectivity index (χ1n) is 8.22. The van der Waals surface area contributed by atoms with E-state index in [1.165, 1.54) is 23.5 Å². The topological polar surface area (TPSA) is 52.6 Å². The van der Waals surface area contributed by atoms with Gasteiger partial charge in [-0.15, -0.1) is 23.7 Å². The highest BCUT2D eigenvalue weighted by Crippen LogP contribution is 2.32. The molecule has 3 aliphatic rings. The number of aromatic hydroxyl groups is 1. The molecular weight excluding hydrogens is 363 g/mol. The van der Waals surface area contributed by atoms with Gasteiger partial charge in [-0.1, -0.05) is 0 Å². The van der Waals surface area contributed by atoms with Gasteiger partial charge in [-0.25, -0.2) is 4.39 Å². The van der Waals surface area contributed by atoms with Gasteiger partial charge >= 0.3 is 0 Å². The molecule has 1 aromatic carbocycles. The second-order valence-corrected chi connectivity index (χ2v) is 7.63. The molecule has 1 atom stereocenters. The molecule has 7 heteroatoms. The second-order valence-electron chi connectivity index (χ2n) is 6.55. The van der Waals surface area contributed by atoms with E-state index in [1.54, 1.807) is 12.1 Å². The third-order valence-electron chi connectivity index (χ3n) is 5.03. The SMILES string of the molecule is Cl.O=C(N[C@H]1CN2CCC1CC2)c1ccc(-c2ccc(O)c(F)c2)s1. The summed E-state index contributed by atoms with van der Waals surface area (Å²) in [6.45, 7) is 3.23. The highest BCUT2D eigenvalue weighted by molar-refractivity contribution is 7.17. The number of fused-ring (bicyclic) bond motifs is 3. The Balaban J connectivity index is 0.00000182. The molecule has 25 heavy (non-hydrogen) atoms. The smallest absolute Gasteiger partial charge is 0.261 e. The predicted molar refractivity (Wildman–Crippen MR) is 99.0 cm³/mol. The molecule has 0 saturated carbocycles. The van der Waals surface area contributed by atoms with E-state index in [1.807, 2.05) is 6.07 Å². The monoisotopic (exact) mass is 382 g/mol. The van der Waals surface area contributed by atoms with Crippen molar-refractivity contribution in [1.29, 1.82) is 0 Å². The predicted octanol–water partition coefficient (Wildman–Crippen LogP) is 3.51. The molecule has 5 rings (SSSR count). The van der Waals surface area contributed by atoms with E-state index in [2.05, 4.69) is 10.2 Å². The number of hydrogen-bond donors (Lipinski definition) is 2. The van der Waals surface area contributed by atoms with Crippen molar-refractivity contribution in [2.24, 2.45) is 5.92 Å². The van der Waals surface area contributed by atoms with E-state index < -0.39 is 5.82 Å². The zero-order valence-electron chi connectivity index (χ0n) is 13.6. The number of halogens is 2. The molecule has 134 valence electrons. The van der Waals surface area contributed by atoms with Crippen LogP contribution in [0.3, 0.4) is 0 Å². The van der Waals surface area contributed by atoms with Gasteiger partial charge in [0.1, 0.15) is 0 Å². The molecular formula is C18H20ClFN2O2S. The van der Waals surface area contributed by atoms with Gasteiger partial charge in [0.25, 0.3) is 5.91 Å². The number of nitrogens with one attached hydrogen (secondary N) is 1. The largest absolute Gasteiger partial charge is 0.505 e. The fourth-order valence-corrected chi connectivity index (χ4v) is 4.55. The average Bonchev–Trinajstić information content (AvgIpc) is 3.09. The highest BCUT2D eigenvalue weighted by Gasteiger charge is 2.35. The molecule has 4 heterocycles. The minimum absolute atomic E-state index is 0. The number of hydrogen-bond acceptors (Lipinski definition) is 4. The standard InChI is InChI=1S/C18H19FN2O2S.ClH/c19-13-9-12(1-2-15(13)22)16-3-4-17(24-16)18(23)20-14-10-21-7-5-11(14)6-8-21;/h1-4,9,11,14,22H,5-8,10H2,(H,20,23);1H/t14-;/m0./s1. The molecule has 0 aliphatic carbocycles. The van der Waals surface area contributed by atoms with Crippen LogP contribution in [0.2, 0.25) is 0 Å². The quantitative estimate of drug-likeness (QED) is 0.854. The number of amides is 1. The fraction of sp³-hybridized carbons (Fsp3) is 0.389. The van der Waals surface area contributed by atoms with Crippen molar-refractivity contribution < 1.29 is 14.3 Å². The van der Waals surface area contributed by atoms with Crippen molar-refractivity contribution in [1.82, 2.24) is 10.2 Å². The molecule has 2 aromatic rings. The van der Waals surface area contributed by atoms with E-state index >= 15 is 0 Å². The Hall–Kier alpha value is -1.63. The summed E-state index contributed by atoms with van der Waals surface area (Å²) in [5.74, 6) is -0.483. The van der Waals surface area contributed by atoms with Crippen LogP contribution in [0.1, 0.15) is 22.5 Å². The van der Waals surface area contributed by atoms with Gasteiger partial charge in [0.2, 0.25) is 0 Å². The average molecular weight is 383 g/mol. The minimum Gasteiger partial charge on any atom is -0.505 e. The molecule has 3 fully saturated rings. The summed E-state index contributed by atoms with van der Waals surface area (Å²) >= 11 is 1.34. The van der Waals surface area contributed by atoms with Crippen molar-refractivity contribution in [3.63, 3.8) is 0 Å². The lowest BCUT2D eigenvalue weighted by molar-refractivity contribution is 0.0622.